The van der Waals surface area contributed by atoms with E-state index in [1.165, 1.54) is 11.1 Å². The van der Waals surface area contributed by atoms with E-state index in [1.807, 2.05) is 30.9 Å². The molecule has 0 N–H and O–H groups in total. The van der Waals surface area contributed by atoms with Gasteiger partial charge in [-0.3, -0.25) is 4.79 Å². The summed E-state index contributed by atoms with van der Waals surface area (Å²) in [7, 11) is 0. The van der Waals surface area contributed by atoms with Crippen molar-refractivity contribution in [3.8, 4) is 5.75 Å². The lowest BCUT2D eigenvalue weighted by Gasteiger charge is -2.18. The first-order valence-corrected chi connectivity index (χ1v) is 11.5. The molecule has 3 aromatic rings. The highest BCUT2D eigenvalue weighted by atomic mass is 16.5. The molecule has 4 rings (SSSR count). The summed E-state index contributed by atoms with van der Waals surface area (Å²) in [5.41, 5.74) is 5.27. The summed E-state index contributed by atoms with van der Waals surface area (Å²) in [6.45, 7) is 11.7. The van der Waals surface area contributed by atoms with Crippen molar-refractivity contribution in [2.24, 2.45) is 5.92 Å². The highest BCUT2D eigenvalue weighted by Gasteiger charge is 2.18. The fourth-order valence-corrected chi connectivity index (χ4v) is 4.31. The summed E-state index contributed by atoms with van der Waals surface area (Å²) in [6, 6.07) is 12.5. The Morgan fingerprint density at radius 3 is 2.71 bits per heavy atom. The molecule has 5 heteroatoms. The van der Waals surface area contributed by atoms with E-state index in [0.717, 1.165) is 55.0 Å². The van der Waals surface area contributed by atoms with Gasteiger partial charge in [0.25, 0.3) is 5.91 Å². The van der Waals surface area contributed by atoms with Crippen molar-refractivity contribution in [1.82, 2.24) is 14.5 Å². The Labute approximate surface area is 185 Å². The van der Waals surface area contributed by atoms with Gasteiger partial charge in [0, 0.05) is 38.0 Å². The van der Waals surface area contributed by atoms with E-state index in [0.29, 0.717) is 24.6 Å². The summed E-state index contributed by atoms with van der Waals surface area (Å²) < 4.78 is 7.99. The Balaban J connectivity index is 1.70. The number of nitrogens with zero attached hydrogens (tertiary/aromatic N) is 3. The lowest BCUT2D eigenvalue weighted by Crippen LogP contribution is -2.30. The molecule has 1 aliphatic rings. The molecule has 0 fully saturated rings. The van der Waals surface area contributed by atoms with Crippen molar-refractivity contribution in [3.63, 3.8) is 0 Å². The maximum Gasteiger partial charge on any atom is 0.253 e. The normalized spacial score (nSPS) is 12.9. The maximum atomic E-state index is 12.8. The summed E-state index contributed by atoms with van der Waals surface area (Å²) in [6.07, 6.45) is 2.85. The molecule has 0 saturated carbocycles. The Hall–Kier alpha value is -2.82. The minimum absolute atomic E-state index is 0.0730. The van der Waals surface area contributed by atoms with Crippen LogP contribution in [0.5, 0.6) is 5.75 Å². The van der Waals surface area contributed by atoms with Gasteiger partial charge in [0.15, 0.2) is 0 Å². The van der Waals surface area contributed by atoms with E-state index >= 15 is 0 Å². The van der Waals surface area contributed by atoms with E-state index in [9.17, 15) is 4.79 Å². The van der Waals surface area contributed by atoms with Crippen molar-refractivity contribution in [2.45, 2.75) is 53.5 Å². The minimum atomic E-state index is 0.0730. The minimum Gasteiger partial charge on any atom is -0.493 e. The second kappa shape index (κ2) is 9.13. The van der Waals surface area contributed by atoms with Crippen LogP contribution in [0.25, 0.3) is 11.0 Å². The van der Waals surface area contributed by atoms with Gasteiger partial charge in [0.05, 0.1) is 17.6 Å². The molecule has 164 valence electrons. The first kappa shape index (κ1) is 21.4. The Morgan fingerprint density at radius 2 is 1.97 bits per heavy atom. The Bertz CT molecular complexity index is 1080. The lowest BCUT2D eigenvalue weighted by atomic mass is 10.1. The van der Waals surface area contributed by atoms with Crippen molar-refractivity contribution < 1.29 is 9.53 Å². The van der Waals surface area contributed by atoms with Crippen LogP contribution in [0.2, 0.25) is 0 Å². The van der Waals surface area contributed by atoms with Crippen molar-refractivity contribution in [1.29, 1.82) is 0 Å². The number of aryl methyl sites for hydroxylation is 1. The topological polar surface area (TPSA) is 47.4 Å². The average molecular weight is 420 g/mol. The van der Waals surface area contributed by atoms with E-state index in [-0.39, 0.29) is 5.91 Å². The molecular formula is C26H33N3O2. The van der Waals surface area contributed by atoms with E-state index < -0.39 is 0 Å². The van der Waals surface area contributed by atoms with Gasteiger partial charge in [-0.2, -0.15) is 0 Å². The molecule has 1 aliphatic heterocycles. The maximum absolute atomic E-state index is 12.8. The molecule has 5 nitrogen and oxygen atoms in total. The summed E-state index contributed by atoms with van der Waals surface area (Å²) in [5.74, 6) is 2.76. The molecule has 0 unspecified atom stereocenters. The monoisotopic (exact) mass is 419 g/mol. The zero-order valence-corrected chi connectivity index (χ0v) is 19.1. The quantitative estimate of drug-likeness (QED) is 0.511. The zero-order valence-electron chi connectivity index (χ0n) is 19.1. The highest BCUT2D eigenvalue weighted by molar-refractivity contribution is 5.97. The van der Waals surface area contributed by atoms with Crippen LogP contribution in [0.1, 0.15) is 61.4 Å². The second-order valence-corrected chi connectivity index (χ2v) is 8.76. The second-order valence-electron chi connectivity index (χ2n) is 8.76. The van der Waals surface area contributed by atoms with Crippen LogP contribution in [0.15, 0.2) is 36.4 Å². The summed E-state index contributed by atoms with van der Waals surface area (Å²) >= 11 is 0. The molecule has 0 saturated heterocycles. The fraction of sp³-hybridized carbons (Fsp3) is 0.462. The molecule has 0 atom stereocenters. The van der Waals surface area contributed by atoms with Gasteiger partial charge < -0.3 is 14.2 Å². The number of fused-ring (bicyclic) bond motifs is 2. The zero-order chi connectivity index (χ0) is 22.0. The molecule has 0 spiro atoms. The summed E-state index contributed by atoms with van der Waals surface area (Å²) in [5, 5.41) is 0. The molecule has 0 bridgehead atoms. The number of amides is 1. The van der Waals surface area contributed by atoms with Crippen molar-refractivity contribution >= 4 is 16.9 Å². The lowest BCUT2D eigenvalue weighted by molar-refractivity contribution is 0.0773. The van der Waals surface area contributed by atoms with Crippen molar-refractivity contribution in [2.75, 3.05) is 19.7 Å². The first-order valence-electron chi connectivity index (χ1n) is 11.5. The number of carbonyl (C=O) groups is 1. The highest BCUT2D eigenvalue weighted by Crippen LogP contribution is 2.28. The first-order chi connectivity index (χ1) is 15.0. The van der Waals surface area contributed by atoms with Crippen LogP contribution in [0.4, 0.5) is 0 Å². The van der Waals surface area contributed by atoms with E-state index in [4.69, 9.17) is 9.72 Å². The van der Waals surface area contributed by atoms with Gasteiger partial charge in [-0.05, 0) is 61.6 Å². The molecule has 1 aromatic heterocycles. The molecule has 1 amide bonds. The number of ether oxygens (including phenoxy) is 1. The SMILES string of the molecule is CCN(CC)C(=O)c1ccc2c(c1)nc(Cc1ccc3c(c1)CCO3)n2CCC(C)C. The number of imidazole rings is 1. The van der Waals surface area contributed by atoms with Crippen LogP contribution < -0.4 is 4.74 Å². The fourth-order valence-electron chi connectivity index (χ4n) is 4.31. The van der Waals surface area contributed by atoms with Crippen LogP contribution in [0, 0.1) is 5.92 Å². The van der Waals surface area contributed by atoms with Gasteiger partial charge >= 0.3 is 0 Å². The number of hydrogen-bond donors (Lipinski definition) is 0. The van der Waals surface area contributed by atoms with Crippen molar-refractivity contribution in [3.05, 3.63) is 58.9 Å². The molecule has 2 aromatic carbocycles. The third-order valence-corrected chi connectivity index (χ3v) is 6.17. The van der Waals surface area contributed by atoms with E-state index in [2.05, 4.69) is 42.7 Å². The largest absolute Gasteiger partial charge is 0.493 e. The third kappa shape index (κ3) is 4.46. The van der Waals surface area contributed by atoms with Gasteiger partial charge in [-0.1, -0.05) is 26.0 Å². The molecule has 0 radical (unpaired) electrons. The molecular weight excluding hydrogens is 386 g/mol. The van der Waals surface area contributed by atoms with Gasteiger partial charge in [-0.25, -0.2) is 4.98 Å². The van der Waals surface area contributed by atoms with Crippen LogP contribution in [-0.2, 0) is 19.4 Å². The number of aromatic nitrogens is 2. The summed E-state index contributed by atoms with van der Waals surface area (Å²) in [4.78, 5) is 19.7. The van der Waals surface area contributed by atoms with Gasteiger partial charge in [0.2, 0.25) is 0 Å². The molecule has 0 aliphatic carbocycles. The predicted octanol–water partition coefficient (Wildman–Crippen LogP) is 5.09. The van der Waals surface area contributed by atoms with Crippen LogP contribution >= 0.6 is 0 Å². The van der Waals surface area contributed by atoms with Crippen LogP contribution in [-0.4, -0.2) is 40.1 Å². The standard InChI is InChI=1S/C26H33N3O2/c1-5-28(6-2)26(30)21-8-9-23-22(17-21)27-25(29(23)13-11-18(3)4)16-19-7-10-24-20(15-19)12-14-31-24/h7-10,15,17-18H,5-6,11-14,16H2,1-4H3. The van der Waals surface area contributed by atoms with Crippen LogP contribution in [0.3, 0.4) is 0 Å². The molecule has 2 heterocycles. The number of hydrogen-bond acceptors (Lipinski definition) is 3. The average Bonchev–Trinajstić information content (AvgIpc) is 3.36. The third-order valence-electron chi connectivity index (χ3n) is 6.17. The smallest absolute Gasteiger partial charge is 0.253 e. The molecule has 31 heavy (non-hydrogen) atoms. The van der Waals surface area contributed by atoms with E-state index in [1.54, 1.807) is 0 Å². The number of rotatable bonds is 8. The van der Waals surface area contributed by atoms with Gasteiger partial charge in [0.1, 0.15) is 11.6 Å². The predicted molar refractivity (Wildman–Crippen MR) is 125 cm³/mol. The number of benzene rings is 2. The number of carbonyl (C=O) groups excluding carboxylic acids is 1. The Morgan fingerprint density at radius 1 is 1.16 bits per heavy atom. The Kier molecular flexibility index (Phi) is 6.30. The van der Waals surface area contributed by atoms with Gasteiger partial charge in [-0.15, -0.1) is 0 Å².